The largest absolute Gasteiger partial charge is 0.389 e. The molecule has 0 amide bonds. The molecule has 1 aromatic carbocycles. The van der Waals surface area contributed by atoms with Gasteiger partial charge in [-0.3, -0.25) is 4.90 Å². The van der Waals surface area contributed by atoms with E-state index in [0.717, 1.165) is 22.3 Å². The normalized spacial score (nSPS) is 17.7. The Morgan fingerprint density at radius 3 is 2.75 bits per heavy atom. The van der Waals surface area contributed by atoms with Gasteiger partial charge in [0.05, 0.1) is 0 Å². The van der Waals surface area contributed by atoms with Crippen LogP contribution in [0.3, 0.4) is 0 Å². The highest BCUT2D eigenvalue weighted by atomic mass is 79.9. The van der Waals surface area contributed by atoms with Crippen LogP contribution in [0.2, 0.25) is 0 Å². The first-order valence-electron chi connectivity index (χ1n) is 7.15. The number of benzene rings is 1. The number of hydrogen-bond acceptors (Lipinski definition) is 3. The molecule has 0 radical (unpaired) electrons. The Bertz CT molecular complexity index is 472. The summed E-state index contributed by atoms with van der Waals surface area (Å²) in [5.74, 6) is 0. The number of likely N-dealkylation sites (tertiary alicyclic amines) is 1. The third-order valence-electron chi connectivity index (χ3n) is 3.85. The predicted molar refractivity (Wildman–Crippen MR) is 93.4 cm³/mol. The van der Waals surface area contributed by atoms with Gasteiger partial charge in [-0.25, -0.2) is 0 Å². The van der Waals surface area contributed by atoms with Gasteiger partial charge in [-0.2, -0.15) is 0 Å². The van der Waals surface area contributed by atoms with Crippen LogP contribution in [0.1, 0.15) is 31.7 Å². The number of nitrogens with zero attached hydrogens (tertiary/aromatic N) is 1. The minimum atomic E-state index is 0.436. The molecule has 0 saturated carbocycles. The Balaban J connectivity index is 1.99. The first-order chi connectivity index (χ1) is 9.58. The quantitative estimate of drug-likeness (QED) is 0.794. The second-order valence-electron chi connectivity index (χ2n) is 5.38. The summed E-state index contributed by atoms with van der Waals surface area (Å²) in [5.41, 5.74) is 7.70. The maximum Gasteiger partial charge on any atom is 0.106 e. The van der Waals surface area contributed by atoms with E-state index in [1.54, 1.807) is 0 Å². The van der Waals surface area contributed by atoms with Crippen molar-refractivity contribution in [1.29, 1.82) is 0 Å². The highest BCUT2D eigenvalue weighted by Crippen LogP contribution is 2.22. The molecule has 0 aliphatic carbocycles. The lowest BCUT2D eigenvalue weighted by molar-refractivity contribution is 0.180. The first-order valence-corrected chi connectivity index (χ1v) is 8.35. The molecular formula is C15H22BrN3S. The third-order valence-corrected chi connectivity index (χ3v) is 4.56. The second-order valence-corrected chi connectivity index (χ2v) is 6.74. The summed E-state index contributed by atoms with van der Waals surface area (Å²) < 4.78 is 1.03. The minimum absolute atomic E-state index is 0.436. The van der Waals surface area contributed by atoms with E-state index in [9.17, 15) is 0 Å². The van der Waals surface area contributed by atoms with E-state index < -0.39 is 0 Å². The second kappa shape index (κ2) is 7.38. The minimum Gasteiger partial charge on any atom is -0.389 e. The monoisotopic (exact) mass is 355 g/mol. The molecule has 2 rings (SSSR count). The molecule has 0 aromatic heterocycles. The average Bonchev–Trinajstić information content (AvgIpc) is 2.45. The molecule has 0 spiro atoms. The number of nitrogens with one attached hydrogen (secondary N) is 1. The summed E-state index contributed by atoms with van der Waals surface area (Å²) >= 11 is 8.60. The van der Waals surface area contributed by atoms with Gasteiger partial charge in [0.2, 0.25) is 0 Å². The van der Waals surface area contributed by atoms with E-state index in [1.165, 1.54) is 32.4 Å². The predicted octanol–water partition coefficient (Wildman–Crippen LogP) is 3.37. The molecule has 1 aliphatic rings. The van der Waals surface area contributed by atoms with Crippen LogP contribution in [0.5, 0.6) is 0 Å². The van der Waals surface area contributed by atoms with Crippen molar-refractivity contribution >= 4 is 38.8 Å². The number of nitrogens with two attached hydrogens (primary N) is 1. The molecule has 0 bridgehead atoms. The average molecular weight is 356 g/mol. The lowest BCUT2D eigenvalue weighted by atomic mass is 10.1. The van der Waals surface area contributed by atoms with Crippen LogP contribution in [-0.2, 0) is 0 Å². The van der Waals surface area contributed by atoms with Crippen LogP contribution < -0.4 is 11.1 Å². The van der Waals surface area contributed by atoms with E-state index in [4.69, 9.17) is 18.0 Å². The molecule has 1 atom stereocenters. The van der Waals surface area contributed by atoms with E-state index in [0.29, 0.717) is 11.0 Å². The van der Waals surface area contributed by atoms with E-state index in [2.05, 4.69) is 33.1 Å². The Hall–Kier alpha value is -0.650. The zero-order valence-electron chi connectivity index (χ0n) is 11.9. The molecule has 5 heteroatoms. The number of hydrogen-bond donors (Lipinski definition) is 2. The van der Waals surface area contributed by atoms with Gasteiger partial charge in [0.25, 0.3) is 0 Å². The topological polar surface area (TPSA) is 41.3 Å². The lowest BCUT2D eigenvalue weighted by Crippen LogP contribution is -2.41. The number of rotatable bonds is 5. The van der Waals surface area contributed by atoms with E-state index in [-0.39, 0.29) is 0 Å². The Kier molecular flexibility index (Phi) is 5.81. The van der Waals surface area contributed by atoms with Crippen LogP contribution in [0, 0.1) is 0 Å². The van der Waals surface area contributed by atoms with Gasteiger partial charge >= 0.3 is 0 Å². The highest BCUT2D eigenvalue weighted by molar-refractivity contribution is 9.10. The summed E-state index contributed by atoms with van der Waals surface area (Å²) in [6.07, 6.45) is 4.01. The summed E-state index contributed by atoms with van der Waals surface area (Å²) in [4.78, 5) is 2.99. The molecule has 1 saturated heterocycles. The van der Waals surface area contributed by atoms with Crippen LogP contribution >= 0.6 is 28.1 Å². The summed E-state index contributed by atoms with van der Waals surface area (Å²) in [5, 5.41) is 3.49. The van der Waals surface area contributed by atoms with Crippen molar-refractivity contribution in [3.05, 3.63) is 28.2 Å². The Labute approximate surface area is 135 Å². The number of halogens is 1. The maximum absolute atomic E-state index is 5.78. The first kappa shape index (κ1) is 15.7. The molecule has 3 nitrogen and oxygen atoms in total. The van der Waals surface area contributed by atoms with Gasteiger partial charge in [0.1, 0.15) is 4.99 Å². The van der Waals surface area contributed by atoms with E-state index in [1.807, 2.05) is 18.2 Å². The van der Waals surface area contributed by atoms with Gasteiger partial charge in [0, 0.05) is 28.3 Å². The smallest absolute Gasteiger partial charge is 0.106 e. The zero-order chi connectivity index (χ0) is 14.5. The lowest BCUT2D eigenvalue weighted by Gasteiger charge is -2.32. The number of anilines is 1. The fraction of sp³-hybridized carbons (Fsp3) is 0.533. The van der Waals surface area contributed by atoms with Crippen molar-refractivity contribution < 1.29 is 0 Å². The fourth-order valence-corrected chi connectivity index (χ4v) is 3.16. The maximum atomic E-state index is 5.78. The molecular weight excluding hydrogens is 334 g/mol. The highest BCUT2D eigenvalue weighted by Gasteiger charge is 2.16. The molecule has 110 valence electrons. The van der Waals surface area contributed by atoms with Crippen LogP contribution in [-0.4, -0.2) is 35.6 Å². The summed E-state index contributed by atoms with van der Waals surface area (Å²) in [6.45, 7) is 5.61. The van der Waals surface area contributed by atoms with Crippen molar-refractivity contribution in [1.82, 2.24) is 4.90 Å². The molecule has 3 N–H and O–H groups in total. The van der Waals surface area contributed by atoms with Gasteiger partial charge in [-0.15, -0.1) is 0 Å². The van der Waals surface area contributed by atoms with E-state index >= 15 is 0 Å². The van der Waals surface area contributed by atoms with Gasteiger partial charge in [-0.05, 0) is 51.1 Å². The SMILES string of the molecule is CC(CNc1cc(Br)ccc1C(N)=S)N1CCCCC1. The zero-order valence-corrected chi connectivity index (χ0v) is 14.3. The fourth-order valence-electron chi connectivity index (χ4n) is 2.62. The van der Waals surface area contributed by atoms with Gasteiger partial charge in [0.15, 0.2) is 0 Å². The summed E-state index contributed by atoms with van der Waals surface area (Å²) in [6, 6.07) is 6.49. The van der Waals surface area contributed by atoms with Crippen molar-refractivity contribution in [3.8, 4) is 0 Å². The molecule has 1 fully saturated rings. The van der Waals surface area contributed by atoms with Crippen LogP contribution in [0.4, 0.5) is 5.69 Å². The van der Waals surface area contributed by atoms with Gasteiger partial charge < -0.3 is 11.1 Å². The van der Waals surface area contributed by atoms with Crippen LogP contribution in [0.25, 0.3) is 0 Å². The Morgan fingerprint density at radius 1 is 1.40 bits per heavy atom. The Morgan fingerprint density at radius 2 is 2.10 bits per heavy atom. The van der Waals surface area contributed by atoms with Crippen molar-refractivity contribution in [2.45, 2.75) is 32.2 Å². The molecule has 1 unspecified atom stereocenters. The van der Waals surface area contributed by atoms with Gasteiger partial charge in [-0.1, -0.05) is 34.6 Å². The van der Waals surface area contributed by atoms with Crippen molar-refractivity contribution in [3.63, 3.8) is 0 Å². The molecule has 20 heavy (non-hydrogen) atoms. The number of thiocarbonyl (C=S) groups is 1. The summed E-state index contributed by atoms with van der Waals surface area (Å²) in [7, 11) is 0. The molecule has 1 aromatic rings. The number of piperidine rings is 1. The van der Waals surface area contributed by atoms with Crippen LogP contribution in [0.15, 0.2) is 22.7 Å². The third kappa shape index (κ3) is 4.17. The molecule has 1 heterocycles. The molecule has 1 aliphatic heterocycles. The van der Waals surface area contributed by atoms with Crippen molar-refractivity contribution in [2.75, 3.05) is 25.0 Å². The van der Waals surface area contributed by atoms with Crippen molar-refractivity contribution in [2.24, 2.45) is 5.73 Å². The standard InChI is InChI=1S/C15H22BrN3S/c1-11(19-7-3-2-4-8-19)10-18-14-9-12(16)5-6-13(14)15(17)20/h5-6,9,11,18H,2-4,7-8,10H2,1H3,(H2,17,20).